The second kappa shape index (κ2) is 13.6. The standard InChI is InChI=1S/C26H30N2O7.ClH/c1-3-34-26(33)20(14-13-18-9-5-4-6-10-18)27-21-15-23(35-17(2)29)19-11-7-8-12-22(19)28(25(21)32)16-24(30)31;/h4-12,20-21,23,27H,3,13-16H2,1-2H3,(H,30,31);1H/t20?,21-,23?;/m0./s1. The highest BCUT2D eigenvalue weighted by molar-refractivity contribution is 6.02. The number of halogens is 1. The largest absolute Gasteiger partial charge is 0.480 e. The quantitative estimate of drug-likeness (QED) is 0.460. The predicted octanol–water partition coefficient (Wildman–Crippen LogP) is 3.06. The number of hydrogen-bond acceptors (Lipinski definition) is 7. The average Bonchev–Trinajstić information content (AvgIpc) is 2.93. The van der Waals surface area contributed by atoms with E-state index in [2.05, 4.69) is 5.32 Å². The lowest BCUT2D eigenvalue weighted by Gasteiger charge is -2.27. The van der Waals surface area contributed by atoms with Gasteiger partial charge >= 0.3 is 17.9 Å². The maximum absolute atomic E-state index is 13.6. The Morgan fingerprint density at radius 2 is 1.78 bits per heavy atom. The first-order valence-electron chi connectivity index (χ1n) is 11.6. The smallest absolute Gasteiger partial charge is 0.323 e. The van der Waals surface area contributed by atoms with Crippen LogP contribution < -0.4 is 10.2 Å². The monoisotopic (exact) mass is 518 g/mol. The summed E-state index contributed by atoms with van der Waals surface area (Å²) < 4.78 is 10.8. The van der Waals surface area contributed by atoms with Crippen LogP contribution in [0.5, 0.6) is 0 Å². The van der Waals surface area contributed by atoms with Gasteiger partial charge in [-0.05, 0) is 31.4 Å². The molecule has 0 aromatic heterocycles. The Hall–Kier alpha value is -3.43. The Bertz CT molecular complexity index is 1060. The SMILES string of the molecule is CCOC(=O)C(CCc1ccccc1)N[C@H]1CC(OC(C)=O)c2ccccc2N(CC(=O)O)C1=O.Cl. The fourth-order valence-corrected chi connectivity index (χ4v) is 4.21. The van der Waals surface area contributed by atoms with E-state index in [1.165, 1.54) is 6.92 Å². The van der Waals surface area contributed by atoms with Gasteiger partial charge in [0.1, 0.15) is 18.7 Å². The maximum Gasteiger partial charge on any atom is 0.323 e. The van der Waals surface area contributed by atoms with Gasteiger partial charge in [0.05, 0.1) is 18.3 Å². The number of carbonyl (C=O) groups is 4. The zero-order valence-corrected chi connectivity index (χ0v) is 21.0. The molecule has 3 rings (SSSR count). The number of para-hydroxylation sites is 1. The summed E-state index contributed by atoms with van der Waals surface area (Å²) in [5, 5.41) is 12.6. The molecule has 0 bridgehead atoms. The molecule has 2 N–H and O–H groups in total. The van der Waals surface area contributed by atoms with Crippen LogP contribution in [0.15, 0.2) is 54.6 Å². The number of aliphatic carboxylic acids is 1. The van der Waals surface area contributed by atoms with E-state index in [9.17, 15) is 24.3 Å². The van der Waals surface area contributed by atoms with E-state index in [0.717, 1.165) is 10.5 Å². The Kier molecular flexibility index (Phi) is 10.9. The lowest BCUT2D eigenvalue weighted by atomic mass is 10.00. The summed E-state index contributed by atoms with van der Waals surface area (Å²) in [5.41, 5.74) is 1.90. The third kappa shape index (κ3) is 7.53. The summed E-state index contributed by atoms with van der Waals surface area (Å²) in [6.07, 6.45) is 0.148. The van der Waals surface area contributed by atoms with Gasteiger partial charge in [-0.1, -0.05) is 48.5 Å². The fraction of sp³-hybridized carbons (Fsp3) is 0.385. The number of rotatable bonds is 10. The summed E-state index contributed by atoms with van der Waals surface area (Å²) in [4.78, 5) is 51.0. The molecule has 36 heavy (non-hydrogen) atoms. The second-order valence-electron chi connectivity index (χ2n) is 8.26. The lowest BCUT2D eigenvalue weighted by molar-refractivity contribution is -0.149. The van der Waals surface area contributed by atoms with Crippen LogP contribution in [0, 0.1) is 0 Å². The zero-order valence-electron chi connectivity index (χ0n) is 20.2. The molecule has 1 aliphatic rings. The summed E-state index contributed by atoms with van der Waals surface area (Å²) in [5.74, 6) is -2.76. The van der Waals surface area contributed by atoms with Crippen molar-refractivity contribution in [1.82, 2.24) is 5.32 Å². The molecule has 10 heteroatoms. The van der Waals surface area contributed by atoms with E-state index in [-0.39, 0.29) is 25.4 Å². The van der Waals surface area contributed by atoms with E-state index in [0.29, 0.717) is 24.1 Å². The van der Waals surface area contributed by atoms with Crippen LogP contribution in [0.4, 0.5) is 5.69 Å². The first-order chi connectivity index (χ1) is 16.8. The second-order valence-corrected chi connectivity index (χ2v) is 8.26. The van der Waals surface area contributed by atoms with Gasteiger partial charge in [-0.3, -0.25) is 29.4 Å². The number of carbonyl (C=O) groups excluding carboxylic acids is 3. The van der Waals surface area contributed by atoms with Crippen LogP contribution in [0.3, 0.4) is 0 Å². The van der Waals surface area contributed by atoms with Crippen LogP contribution >= 0.6 is 12.4 Å². The fourth-order valence-electron chi connectivity index (χ4n) is 4.21. The molecule has 0 spiro atoms. The summed E-state index contributed by atoms with van der Waals surface area (Å²) in [6.45, 7) is 2.57. The van der Waals surface area contributed by atoms with Crippen LogP contribution in [-0.2, 0) is 35.1 Å². The van der Waals surface area contributed by atoms with Gasteiger partial charge in [0.2, 0.25) is 5.91 Å². The topological polar surface area (TPSA) is 122 Å². The van der Waals surface area contributed by atoms with Gasteiger partial charge in [0, 0.05) is 18.9 Å². The molecule has 0 saturated heterocycles. The predicted molar refractivity (Wildman–Crippen MR) is 135 cm³/mol. The van der Waals surface area contributed by atoms with Gasteiger partial charge in [-0.25, -0.2) is 0 Å². The number of carboxylic acid groups (broad SMARTS) is 1. The van der Waals surface area contributed by atoms with Crippen molar-refractivity contribution in [3.8, 4) is 0 Å². The number of amides is 1. The average molecular weight is 519 g/mol. The molecular formula is C26H31ClN2O7. The van der Waals surface area contributed by atoms with E-state index < -0.39 is 48.5 Å². The molecule has 3 atom stereocenters. The highest BCUT2D eigenvalue weighted by atomic mass is 35.5. The molecule has 2 aromatic carbocycles. The highest BCUT2D eigenvalue weighted by Gasteiger charge is 2.39. The number of benzene rings is 2. The van der Waals surface area contributed by atoms with Crippen molar-refractivity contribution in [2.45, 2.75) is 51.3 Å². The zero-order chi connectivity index (χ0) is 25.4. The molecule has 1 aliphatic heterocycles. The molecule has 9 nitrogen and oxygen atoms in total. The van der Waals surface area contributed by atoms with Crippen LogP contribution in [0.2, 0.25) is 0 Å². The number of fused-ring (bicyclic) bond motifs is 1. The van der Waals surface area contributed by atoms with Crippen molar-refractivity contribution in [1.29, 1.82) is 0 Å². The van der Waals surface area contributed by atoms with Crippen LogP contribution in [0.25, 0.3) is 0 Å². The van der Waals surface area contributed by atoms with Crippen LogP contribution in [-0.4, -0.2) is 54.2 Å². The molecule has 2 unspecified atom stereocenters. The van der Waals surface area contributed by atoms with Crippen molar-refractivity contribution < 1.29 is 33.8 Å². The molecule has 1 amide bonds. The summed E-state index contributed by atoms with van der Waals surface area (Å²) >= 11 is 0. The molecular weight excluding hydrogens is 488 g/mol. The number of hydrogen-bond donors (Lipinski definition) is 2. The Morgan fingerprint density at radius 3 is 2.42 bits per heavy atom. The number of nitrogens with zero attached hydrogens (tertiary/aromatic N) is 1. The van der Waals surface area contributed by atoms with Crippen molar-refractivity contribution in [3.63, 3.8) is 0 Å². The number of aryl methyl sites for hydroxylation is 1. The first-order valence-corrected chi connectivity index (χ1v) is 11.6. The van der Waals surface area contributed by atoms with Gasteiger partial charge < -0.3 is 14.6 Å². The maximum atomic E-state index is 13.6. The first kappa shape index (κ1) is 28.8. The number of esters is 2. The number of ether oxygens (including phenoxy) is 2. The number of anilines is 1. The Labute approximate surface area is 216 Å². The molecule has 2 aromatic rings. The summed E-state index contributed by atoms with van der Waals surface area (Å²) in [7, 11) is 0. The number of carboxylic acids is 1. The molecule has 0 saturated carbocycles. The van der Waals surface area contributed by atoms with E-state index >= 15 is 0 Å². The van der Waals surface area contributed by atoms with Gasteiger partial charge in [-0.15, -0.1) is 12.4 Å². The van der Waals surface area contributed by atoms with Gasteiger partial charge in [-0.2, -0.15) is 0 Å². The third-order valence-corrected chi connectivity index (χ3v) is 5.73. The van der Waals surface area contributed by atoms with Crippen molar-refractivity contribution in [2.24, 2.45) is 0 Å². The molecule has 194 valence electrons. The highest BCUT2D eigenvalue weighted by Crippen LogP contribution is 2.36. The Morgan fingerprint density at radius 1 is 1.11 bits per heavy atom. The third-order valence-electron chi connectivity index (χ3n) is 5.73. The minimum atomic E-state index is -1.19. The normalized spacial score (nSPS) is 17.7. The van der Waals surface area contributed by atoms with E-state index in [1.54, 1.807) is 31.2 Å². The van der Waals surface area contributed by atoms with Gasteiger partial charge in [0.15, 0.2) is 0 Å². The van der Waals surface area contributed by atoms with Gasteiger partial charge in [0.25, 0.3) is 0 Å². The molecule has 0 radical (unpaired) electrons. The number of nitrogens with one attached hydrogen (secondary N) is 1. The Balaban J connectivity index is 0.00000456. The summed E-state index contributed by atoms with van der Waals surface area (Å²) in [6, 6.07) is 14.5. The van der Waals surface area contributed by atoms with Crippen molar-refractivity contribution >= 4 is 41.9 Å². The molecule has 0 fully saturated rings. The lowest BCUT2D eigenvalue weighted by Crippen LogP contribution is -2.53. The molecule has 0 aliphatic carbocycles. The van der Waals surface area contributed by atoms with Crippen molar-refractivity contribution in [2.75, 3.05) is 18.1 Å². The minimum absolute atomic E-state index is 0. The minimum Gasteiger partial charge on any atom is -0.480 e. The van der Waals surface area contributed by atoms with E-state index in [4.69, 9.17) is 9.47 Å². The van der Waals surface area contributed by atoms with Crippen LogP contribution in [0.1, 0.15) is 43.9 Å². The van der Waals surface area contributed by atoms with Crippen molar-refractivity contribution in [3.05, 3.63) is 65.7 Å². The molecule has 1 heterocycles. The van der Waals surface area contributed by atoms with E-state index in [1.807, 2.05) is 30.3 Å².